The van der Waals surface area contributed by atoms with Crippen molar-refractivity contribution in [3.05, 3.63) is 119 Å². The predicted octanol–water partition coefficient (Wildman–Crippen LogP) is 5.65. The summed E-state index contributed by atoms with van der Waals surface area (Å²) in [5.74, 6) is -0.725. The van der Waals surface area contributed by atoms with Crippen LogP contribution in [0.25, 0.3) is 5.57 Å². The van der Waals surface area contributed by atoms with Gasteiger partial charge in [-0.3, -0.25) is 0 Å². The quantitative estimate of drug-likeness (QED) is 0.577. The van der Waals surface area contributed by atoms with E-state index >= 15 is 0 Å². The van der Waals surface area contributed by atoms with Crippen LogP contribution in [0.4, 0.5) is 4.39 Å². The van der Waals surface area contributed by atoms with Gasteiger partial charge in [0, 0.05) is 29.1 Å². The van der Waals surface area contributed by atoms with Gasteiger partial charge < -0.3 is 10.0 Å². The highest BCUT2D eigenvalue weighted by molar-refractivity contribution is 6.07. The molecule has 4 nitrogen and oxygen atoms in total. The molecule has 3 aromatic carbocycles. The number of hydrogen-bond donors (Lipinski definition) is 1. The molecule has 0 amide bonds. The summed E-state index contributed by atoms with van der Waals surface area (Å²) < 4.78 is 14.2. The first kappa shape index (κ1) is 21.1. The van der Waals surface area contributed by atoms with E-state index in [4.69, 9.17) is 4.99 Å². The van der Waals surface area contributed by atoms with Crippen LogP contribution < -0.4 is 0 Å². The number of aromatic hydroxyl groups is 1. The number of allylic oxidation sites excluding steroid dienone is 2. The van der Waals surface area contributed by atoms with Gasteiger partial charge in [-0.1, -0.05) is 61.2 Å². The molecule has 0 saturated carbocycles. The van der Waals surface area contributed by atoms with Crippen LogP contribution in [-0.4, -0.2) is 22.4 Å². The van der Waals surface area contributed by atoms with E-state index in [9.17, 15) is 14.8 Å². The number of phenols is 1. The summed E-state index contributed by atoms with van der Waals surface area (Å²) in [5.41, 5.74) is 4.75. The van der Waals surface area contributed by atoms with E-state index in [1.54, 1.807) is 18.2 Å². The maximum Gasteiger partial charge on any atom is 0.165 e. The molecule has 0 bridgehead atoms. The summed E-state index contributed by atoms with van der Waals surface area (Å²) in [5, 5.41) is 20.0. The van der Waals surface area contributed by atoms with Crippen LogP contribution >= 0.6 is 0 Å². The van der Waals surface area contributed by atoms with Gasteiger partial charge in [0.1, 0.15) is 5.84 Å². The van der Waals surface area contributed by atoms with E-state index in [0.717, 1.165) is 16.7 Å². The van der Waals surface area contributed by atoms with Gasteiger partial charge in [-0.2, -0.15) is 5.26 Å². The number of hydrogen-bond acceptors (Lipinski definition) is 4. The minimum absolute atomic E-state index is 0.297. The molecule has 158 valence electrons. The number of nitrogens with zero attached hydrogens (tertiary/aromatic N) is 3. The molecule has 0 aromatic heterocycles. The second-order valence-corrected chi connectivity index (χ2v) is 7.52. The van der Waals surface area contributed by atoms with Gasteiger partial charge in [0.2, 0.25) is 0 Å². The molecule has 32 heavy (non-hydrogen) atoms. The minimum atomic E-state index is -0.707. The molecule has 0 fully saturated rings. The van der Waals surface area contributed by atoms with Crippen molar-refractivity contribution >= 4 is 11.4 Å². The zero-order chi connectivity index (χ0) is 22.7. The monoisotopic (exact) mass is 423 g/mol. The van der Waals surface area contributed by atoms with Gasteiger partial charge >= 0.3 is 0 Å². The number of aliphatic imine (C=N–C) groups is 1. The summed E-state index contributed by atoms with van der Waals surface area (Å²) in [4.78, 5) is 6.64. The second kappa shape index (κ2) is 8.91. The third-order valence-corrected chi connectivity index (χ3v) is 5.52. The van der Waals surface area contributed by atoms with Crippen molar-refractivity contribution in [2.75, 3.05) is 6.54 Å². The van der Waals surface area contributed by atoms with Crippen molar-refractivity contribution in [3.8, 4) is 11.8 Å². The van der Waals surface area contributed by atoms with Crippen molar-refractivity contribution in [2.45, 2.75) is 13.3 Å². The van der Waals surface area contributed by atoms with Gasteiger partial charge in [0.05, 0.1) is 17.2 Å². The first-order valence-electron chi connectivity index (χ1n) is 10.3. The normalized spacial score (nSPS) is 13.7. The fourth-order valence-corrected chi connectivity index (χ4v) is 3.92. The van der Waals surface area contributed by atoms with Crippen LogP contribution in [-0.2, 0) is 6.42 Å². The Morgan fingerprint density at radius 3 is 2.44 bits per heavy atom. The third-order valence-electron chi connectivity index (χ3n) is 5.52. The van der Waals surface area contributed by atoms with Crippen molar-refractivity contribution in [3.63, 3.8) is 0 Å². The van der Waals surface area contributed by atoms with Gasteiger partial charge in [-0.15, -0.1) is 0 Å². The first-order valence-corrected chi connectivity index (χ1v) is 10.3. The molecule has 1 N–H and O–H groups in total. The molecule has 4 rings (SSSR count). The van der Waals surface area contributed by atoms with Crippen LogP contribution in [0, 0.1) is 17.1 Å². The molecular formula is C27H22FN3O. The molecule has 0 saturated heterocycles. The van der Waals surface area contributed by atoms with E-state index in [1.807, 2.05) is 60.4 Å². The number of phenolic OH excluding ortho intramolecular Hbond substituents is 1. The van der Waals surface area contributed by atoms with Gasteiger partial charge in [0.25, 0.3) is 0 Å². The van der Waals surface area contributed by atoms with Crippen molar-refractivity contribution in [2.24, 2.45) is 4.99 Å². The topological polar surface area (TPSA) is 59.6 Å². The molecule has 1 aliphatic heterocycles. The molecule has 0 atom stereocenters. The van der Waals surface area contributed by atoms with Crippen LogP contribution in [0.2, 0.25) is 0 Å². The lowest BCUT2D eigenvalue weighted by Crippen LogP contribution is -2.36. The third kappa shape index (κ3) is 3.91. The Bertz CT molecular complexity index is 1290. The summed E-state index contributed by atoms with van der Waals surface area (Å²) in [7, 11) is 0. The Morgan fingerprint density at radius 1 is 1.00 bits per heavy atom. The summed E-state index contributed by atoms with van der Waals surface area (Å²) in [6.07, 6.45) is 0.696. The number of amidine groups is 1. The Labute approximate surface area is 186 Å². The van der Waals surface area contributed by atoms with E-state index in [1.165, 1.54) is 6.07 Å². The molecule has 1 heterocycles. The van der Waals surface area contributed by atoms with E-state index in [2.05, 4.69) is 12.6 Å². The standard InChI is InChI=1S/C27H22FN3O/c1-18-25(22-12-7-6-11-21(22)17-29)19(2)31(16-15-20-9-4-3-5-10-20)27(30-18)23-13-8-14-24(28)26(23)32/h3-14,32H,2,15-16H2,1H3. The lowest BCUT2D eigenvalue weighted by atomic mass is 9.94. The Hall–Kier alpha value is -4.17. The smallest absolute Gasteiger partial charge is 0.165 e. The van der Waals surface area contributed by atoms with Crippen LogP contribution in [0.5, 0.6) is 5.75 Å². The van der Waals surface area contributed by atoms with Gasteiger partial charge in [0.15, 0.2) is 11.6 Å². The van der Waals surface area contributed by atoms with Crippen LogP contribution in [0.3, 0.4) is 0 Å². The lowest BCUT2D eigenvalue weighted by molar-refractivity contribution is 0.428. The van der Waals surface area contributed by atoms with Crippen molar-refractivity contribution in [1.82, 2.24) is 4.90 Å². The number of rotatable bonds is 5. The van der Waals surface area contributed by atoms with E-state index in [0.29, 0.717) is 41.3 Å². The minimum Gasteiger partial charge on any atom is -0.504 e. The molecular weight excluding hydrogens is 401 g/mol. The fourth-order valence-electron chi connectivity index (χ4n) is 3.92. The second-order valence-electron chi connectivity index (χ2n) is 7.52. The van der Waals surface area contributed by atoms with Crippen molar-refractivity contribution in [1.29, 1.82) is 5.26 Å². The Kier molecular flexibility index (Phi) is 5.87. The van der Waals surface area contributed by atoms with E-state index in [-0.39, 0.29) is 0 Å². The molecule has 0 radical (unpaired) electrons. The molecule has 0 spiro atoms. The zero-order valence-corrected chi connectivity index (χ0v) is 17.7. The maximum atomic E-state index is 14.2. The SMILES string of the molecule is C=C1C(c2ccccc2C#N)=C(C)N=C(c2cccc(F)c2O)N1CCc1ccccc1. The summed E-state index contributed by atoms with van der Waals surface area (Å²) >= 11 is 0. The molecule has 0 aliphatic carbocycles. The fraction of sp³-hybridized carbons (Fsp3) is 0.111. The number of nitriles is 1. The number of benzene rings is 3. The average molecular weight is 423 g/mol. The summed E-state index contributed by atoms with van der Waals surface area (Å²) in [6, 6.07) is 23.9. The van der Waals surface area contributed by atoms with Crippen LogP contribution in [0.1, 0.15) is 29.2 Å². The zero-order valence-electron chi connectivity index (χ0n) is 17.7. The highest BCUT2D eigenvalue weighted by Crippen LogP contribution is 2.37. The Morgan fingerprint density at radius 2 is 1.69 bits per heavy atom. The van der Waals surface area contributed by atoms with Gasteiger partial charge in [-0.05, 0) is 37.1 Å². The molecule has 0 unspecified atom stereocenters. The average Bonchev–Trinajstić information content (AvgIpc) is 2.81. The van der Waals surface area contributed by atoms with E-state index < -0.39 is 11.6 Å². The summed E-state index contributed by atoms with van der Waals surface area (Å²) in [6.45, 7) is 6.67. The van der Waals surface area contributed by atoms with Crippen molar-refractivity contribution < 1.29 is 9.50 Å². The predicted molar refractivity (Wildman–Crippen MR) is 124 cm³/mol. The first-order chi connectivity index (χ1) is 15.5. The molecule has 5 heteroatoms. The molecule has 3 aromatic rings. The highest BCUT2D eigenvalue weighted by Gasteiger charge is 2.29. The molecule has 1 aliphatic rings. The number of halogens is 1. The largest absolute Gasteiger partial charge is 0.504 e. The maximum absolute atomic E-state index is 14.2. The van der Waals surface area contributed by atoms with Crippen LogP contribution in [0.15, 0.2) is 95.8 Å². The van der Waals surface area contributed by atoms with Gasteiger partial charge in [-0.25, -0.2) is 9.38 Å². The Balaban J connectivity index is 1.84. The number of para-hydroxylation sites is 1. The highest BCUT2D eigenvalue weighted by atomic mass is 19.1. The lowest BCUT2D eigenvalue weighted by Gasteiger charge is -2.34.